The van der Waals surface area contributed by atoms with Gasteiger partial charge in [-0.2, -0.15) is 0 Å². The first kappa shape index (κ1) is 10.4. The molecule has 0 bridgehead atoms. The highest BCUT2D eigenvalue weighted by Crippen LogP contribution is 2.26. The Kier molecular flexibility index (Phi) is 2.57. The molecule has 0 aliphatic carbocycles. The van der Waals surface area contributed by atoms with E-state index < -0.39 is 0 Å². The first-order valence-corrected chi connectivity index (χ1v) is 5.78. The molecule has 17 heavy (non-hydrogen) atoms. The number of hydrogen-bond donors (Lipinski definition) is 2. The molecule has 1 aromatic rings. The van der Waals surface area contributed by atoms with Gasteiger partial charge in [-0.25, -0.2) is 4.79 Å². The van der Waals surface area contributed by atoms with E-state index in [4.69, 9.17) is 4.74 Å². The SMILES string of the molecule is O=C1NCc2ccc(C3=CCCOC3)cc2N1. The van der Waals surface area contributed by atoms with Crippen LogP contribution in [0, 0.1) is 0 Å². The van der Waals surface area contributed by atoms with Gasteiger partial charge in [0.05, 0.1) is 13.2 Å². The van der Waals surface area contributed by atoms with E-state index in [-0.39, 0.29) is 6.03 Å². The van der Waals surface area contributed by atoms with Crippen LogP contribution in [0.2, 0.25) is 0 Å². The molecule has 2 heterocycles. The van der Waals surface area contributed by atoms with E-state index in [2.05, 4.69) is 22.8 Å². The lowest BCUT2D eigenvalue weighted by Gasteiger charge is -2.20. The third-order valence-corrected chi connectivity index (χ3v) is 3.08. The van der Waals surface area contributed by atoms with E-state index in [0.717, 1.165) is 29.8 Å². The number of anilines is 1. The fourth-order valence-electron chi connectivity index (χ4n) is 2.15. The van der Waals surface area contributed by atoms with Crippen molar-refractivity contribution in [3.8, 4) is 0 Å². The zero-order valence-corrected chi connectivity index (χ0v) is 9.45. The van der Waals surface area contributed by atoms with Crippen molar-refractivity contribution in [1.29, 1.82) is 0 Å². The largest absolute Gasteiger partial charge is 0.376 e. The fraction of sp³-hybridized carbons (Fsp3) is 0.308. The molecule has 1 aromatic carbocycles. The van der Waals surface area contributed by atoms with Crippen LogP contribution in [-0.4, -0.2) is 19.2 Å². The molecule has 3 rings (SSSR count). The third kappa shape index (κ3) is 2.03. The van der Waals surface area contributed by atoms with Crippen LogP contribution < -0.4 is 10.6 Å². The molecule has 0 radical (unpaired) electrons. The lowest BCUT2D eigenvalue weighted by molar-refractivity contribution is 0.164. The zero-order chi connectivity index (χ0) is 11.7. The van der Waals surface area contributed by atoms with Gasteiger partial charge in [-0.05, 0) is 29.2 Å². The van der Waals surface area contributed by atoms with Gasteiger partial charge in [0.1, 0.15) is 0 Å². The summed E-state index contributed by atoms with van der Waals surface area (Å²) in [5.41, 5.74) is 4.35. The number of benzene rings is 1. The van der Waals surface area contributed by atoms with Crippen molar-refractivity contribution in [3.63, 3.8) is 0 Å². The Bertz CT molecular complexity index is 494. The normalized spacial score (nSPS) is 18.8. The van der Waals surface area contributed by atoms with Gasteiger partial charge in [0.25, 0.3) is 0 Å². The highest BCUT2D eigenvalue weighted by Gasteiger charge is 2.15. The second-order valence-electron chi connectivity index (χ2n) is 4.25. The van der Waals surface area contributed by atoms with Crippen molar-refractivity contribution in [1.82, 2.24) is 5.32 Å². The standard InChI is InChI=1S/C13H14N2O2/c16-13-14-7-10-4-3-9(6-12(10)15-13)11-2-1-5-17-8-11/h2-4,6H,1,5,7-8H2,(H2,14,15,16). The molecule has 0 spiro atoms. The molecule has 0 fully saturated rings. The van der Waals surface area contributed by atoms with Gasteiger partial charge >= 0.3 is 6.03 Å². The van der Waals surface area contributed by atoms with Crippen LogP contribution in [-0.2, 0) is 11.3 Å². The quantitative estimate of drug-likeness (QED) is 0.776. The number of urea groups is 1. The summed E-state index contributed by atoms with van der Waals surface area (Å²) >= 11 is 0. The minimum Gasteiger partial charge on any atom is -0.376 e. The van der Waals surface area contributed by atoms with E-state index in [1.165, 1.54) is 5.57 Å². The maximum absolute atomic E-state index is 11.3. The van der Waals surface area contributed by atoms with Crippen LogP contribution in [0.25, 0.3) is 5.57 Å². The fourth-order valence-corrected chi connectivity index (χ4v) is 2.15. The summed E-state index contributed by atoms with van der Waals surface area (Å²) in [6, 6.07) is 6.02. The number of nitrogens with one attached hydrogen (secondary N) is 2. The van der Waals surface area contributed by atoms with E-state index in [0.29, 0.717) is 13.2 Å². The molecule has 2 N–H and O–H groups in total. The first-order chi connectivity index (χ1) is 8.33. The van der Waals surface area contributed by atoms with Crippen molar-refractivity contribution in [2.75, 3.05) is 18.5 Å². The van der Waals surface area contributed by atoms with Crippen LogP contribution in [0.4, 0.5) is 10.5 Å². The number of amides is 2. The molecular weight excluding hydrogens is 216 g/mol. The summed E-state index contributed by atoms with van der Waals surface area (Å²) in [7, 11) is 0. The van der Waals surface area contributed by atoms with Crippen molar-refractivity contribution in [2.24, 2.45) is 0 Å². The predicted molar refractivity (Wildman–Crippen MR) is 65.7 cm³/mol. The van der Waals surface area contributed by atoms with E-state index >= 15 is 0 Å². The Morgan fingerprint density at radius 1 is 1.29 bits per heavy atom. The Morgan fingerprint density at radius 3 is 3.06 bits per heavy atom. The van der Waals surface area contributed by atoms with Gasteiger partial charge in [0.2, 0.25) is 0 Å². The molecular formula is C13H14N2O2. The summed E-state index contributed by atoms with van der Waals surface area (Å²) in [6.07, 6.45) is 3.16. The maximum Gasteiger partial charge on any atom is 0.319 e. The van der Waals surface area contributed by atoms with E-state index in [1.54, 1.807) is 0 Å². The summed E-state index contributed by atoms with van der Waals surface area (Å²) in [5, 5.41) is 5.57. The van der Waals surface area contributed by atoms with E-state index in [9.17, 15) is 4.79 Å². The number of hydrogen-bond acceptors (Lipinski definition) is 2. The van der Waals surface area contributed by atoms with Gasteiger partial charge < -0.3 is 15.4 Å². The number of carbonyl (C=O) groups is 1. The molecule has 0 aromatic heterocycles. The summed E-state index contributed by atoms with van der Waals surface area (Å²) < 4.78 is 5.43. The van der Waals surface area contributed by atoms with Crippen LogP contribution >= 0.6 is 0 Å². The summed E-state index contributed by atoms with van der Waals surface area (Å²) in [4.78, 5) is 11.3. The number of fused-ring (bicyclic) bond motifs is 1. The second-order valence-corrected chi connectivity index (χ2v) is 4.25. The van der Waals surface area contributed by atoms with Gasteiger partial charge in [-0.1, -0.05) is 18.2 Å². The minimum atomic E-state index is -0.136. The van der Waals surface area contributed by atoms with Crippen molar-refractivity contribution >= 4 is 17.3 Å². The van der Waals surface area contributed by atoms with Crippen LogP contribution in [0.15, 0.2) is 24.3 Å². The Hall–Kier alpha value is -1.81. The van der Waals surface area contributed by atoms with Crippen molar-refractivity contribution < 1.29 is 9.53 Å². The summed E-state index contributed by atoms with van der Waals surface area (Å²) in [6.45, 7) is 2.05. The average molecular weight is 230 g/mol. The first-order valence-electron chi connectivity index (χ1n) is 5.78. The molecule has 0 unspecified atom stereocenters. The average Bonchev–Trinajstić information content (AvgIpc) is 2.39. The molecule has 0 atom stereocenters. The third-order valence-electron chi connectivity index (χ3n) is 3.08. The minimum absolute atomic E-state index is 0.136. The van der Waals surface area contributed by atoms with Gasteiger partial charge in [0.15, 0.2) is 0 Å². The van der Waals surface area contributed by atoms with E-state index in [1.807, 2.05) is 12.1 Å². The highest BCUT2D eigenvalue weighted by molar-refractivity contribution is 5.93. The number of carbonyl (C=O) groups excluding carboxylic acids is 1. The van der Waals surface area contributed by atoms with Gasteiger partial charge in [0, 0.05) is 12.2 Å². The Morgan fingerprint density at radius 2 is 2.24 bits per heavy atom. The molecule has 0 saturated heterocycles. The predicted octanol–water partition coefficient (Wildman–Crippen LogP) is 2.13. The smallest absolute Gasteiger partial charge is 0.319 e. The van der Waals surface area contributed by atoms with Crippen molar-refractivity contribution in [3.05, 3.63) is 35.4 Å². The lowest BCUT2D eigenvalue weighted by atomic mass is 10.0. The Balaban J connectivity index is 1.94. The molecule has 4 heteroatoms. The van der Waals surface area contributed by atoms with Gasteiger partial charge in [-0.15, -0.1) is 0 Å². The van der Waals surface area contributed by atoms with Crippen molar-refractivity contribution in [2.45, 2.75) is 13.0 Å². The monoisotopic (exact) mass is 230 g/mol. The second kappa shape index (κ2) is 4.22. The van der Waals surface area contributed by atoms with Crippen LogP contribution in [0.1, 0.15) is 17.5 Å². The molecule has 88 valence electrons. The molecule has 2 aliphatic rings. The van der Waals surface area contributed by atoms with Crippen LogP contribution in [0.3, 0.4) is 0 Å². The lowest BCUT2D eigenvalue weighted by Crippen LogP contribution is -2.33. The number of ether oxygens (including phenoxy) is 1. The number of rotatable bonds is 1. The topological polar surface area (TPSA) is 50.4 Å². The Labute approximate surface area is 99.7 Å². The molecule has 2 amide bonds. The summed E-state index contributed by atoms with van der Waals surface area (Å²) in [5.74, 6) is 0. The molecule has 0 saturated carbocycles. The molecule has 2 aliphatic heterocycles. The van der Waals surface area contributed by atoms with Crippen LogP contribution in [0.5, 0.6) is 0 Å². The van der Waals surface area contributed by atoms with Gasteiger partial charge in [-0.3, -0.25) is 0 Å². The zero-order valence-electron chi connectivity index (χ0n) is 9.45. The molecule has 4 nitrogen and oxygen atoms in total. The highest BCUT2D eigenvalue weighted by atomic mass is 16.5. The maximum atomic E-state index is 11.3.